The number of nitrogens with one attached hydrogen (secondary N) is 1. The molecule has 0 heterocycles. The van der Waals surface area contributed by atoms with Crippen molar-refractivity contribution in [1.29, 1.82) is 0 Å². The molecule has 0 fully saturated rings. The van der Waals surface area contributed by atoms with Crippen LogP contribution in [0, 0.1) is 0 Å². The second-order valence-electron chi connectivity index (χ2n) is 5.32. The SMILES string of the molecule is CCCCCCCC(C)Nc1ccc(C(=O)OC)cc1. The molecule has 0 saturated heterocycles. The molecule has 1 rings (SSSR count). The minimum Gasteiger partial charge on any atom is -0.465 e. The number of benzene rings is 1. The maximum atomic E-state index is 11.3. The molecular weight excluding hydrogens is 250 g/mol. The standard InChI is InChI=1S/C17H27NO2/c1-4-5-6-7-8-9-14(2)18-16-12-10-15(11-13-16)17(19)20-3/h10-14,18H,4-9H2,1-3H3. The van der Waals surface area contributed by atoms with Crippen molar-refractivity contribution < 1.29 is 9.53 Å². The molecule has 0 radical (unpaired) electrons. The number of carbonyl (C=O) groups is 1. The van der Waals surface area contributed by atoms with E-state index in [9.17, 15) is 4.79 Å². The van der Waals surface area contributed by atoms with E-state index in [1.165, 1.54) is 45.6 Å². The highest BCUT2D eigenvalue weighted by molar-refractivity contribution is 5.89. The highest BCUT2D eigenvalue weighted by Crippen LogP contribution is 2.14. The Kier molecular flexibility index (Phi) is 7.78. The summed E-state index contributed by atoms with van der Waals surface area (Å²) in [6.07, 6.45) is 7.76. The number of unbranched alkanes of at least 4 members (excludes halogenated alkanes) is 4. The summed E-state index contributed by atoms with van der Waals surface area (Å²) in [4.78, 5) is 11.3. The third-order valence-electron chi connectivity index (χ3n) is 3.46. The zero-order chi connectivity index (χ0) is 14.8. The van der Waals surface area contributed by atoms with Crippen LogP contribution >= 0.6 is 0 Å². The van der Waals surface area contributed by atoms with E-state index in [4.69, 9.17) is 0 Å². The van der Waals surface area contributed by atoms with Gasteiger partial charge in [-0.05, 0) is 37.6 Å². The van der Waals surface area contributed by atoms with E-state index in [1.54, 1.807) is 12.1 Å². The van der Waals surface area contributed by atoms with E-state index in [0.29, 0.717) is 11.6 Å². The van der Waals surface area contributed by atoms with E-state index in [-0.39, 0.29) is 5.97 Å². The largest absolute Gasteiger partial charge is 0.465 e. The van der Waals surface area contributed by atoms with Crippen LogP contribution < -0.4 is 5.32 Å². The first-order chi connectivity index (χ1) is 9.67. The molecule has 1 N–H and O–H groups in total. The van der Waals surface area contributed by atoms with E-state index < -0.39 is 0 Å². The third-order valence-corrected chi connectivity index (χ3v) is 3.46. The predicted octanol–water partition coefficient (Wildman–Crippen LogP) is 4.63. The Balaban J connectivity index is 2.31. The van der Waals surface area contributed by atoms with Crippen LogP contribution in [0.2, 0.25) is 0 Å². The first kappa shape index (κ1) is 16.5. The maximum absolute atomic E-state index is 11.3. The Morgan fingerprint density at radius 3 is 2.40 bits per heavy atom. The summed E-state index contributed by atoms with van der Waals surface area (Å²) in [5.74, 6) is -0.291. The van der Waals surface area contributed by atoms with Gasteiger partial charge in [-0.15, -0.1) is 0 Å². The van der Waals surface area contributed by atoms with Crippen molar-refractivity contribution in [2.75, 3.05) is 12.4 Å². The van der Waals surface area contributed by atoms with Gasteiger partial charge in [-0.1, -0.05) is 39.0 Å². The fraction of sp³-hybridized carbons (Fsp3) is 0.588. The molecule has 0 saturated carbocycles. The van der Waals surface area contributed by atoms with Crippen molar-refractivity contribution in [2.45, 2.75) is 58.4 Å². The molecule has 20 heavy (non-hydrogen) atoms. The minimum absolute atomic E-state index is 0.291. The number of ether oxygens (including phenoxy) is 1. The zero-order valence-electron chi connectivity index (χ0n) is 12.9. The van der Waals surface area contributed by atoms with Crippen LogP contribution in [-0.2, 0) is 4.74 Å². The number of rotatable bonds is 9. The predicted molar refractivity (Wildman–Crippen MR) is 84.2 cm³/mol. The van der Waals surface area contributed by atoms with Gasteiger partial charge < -0.3 is 10.1 Å². The minimum atomic E-state index is -0.291. The Hall–Kier alpha value is -1.51. The Labute approximate surface area is 122 Å². The van der Waals surface area contributed by atoms with Crippen molar-refractivity contribution in [3.63, 3.8) is 0 Å². The first-order valence-corrected chi connectivity index (χ1v) is 7.62. The lowest BCUT2D eigenvalue weighted by atomic mass is 10.1. The second kappa shape index (κ2) is 9.40. The van der Waals surface area contributed by atoms with Crippen LogP contribution in [0.1, 0.15) is 62.7 Å². The van der Waals surface area contributed by atoms with E-state index in [1.807, 2.05) is 12.1 Å². The molecule has 0 aliphatic carbocycles. The lowest BCUT2D eigenvalue weighted by Crippen LogP contribution is -2.15. The number of carbonyl (C=O) groups excluding carboxylic acids is 1. The summed E-state index contributed by atoms with van der Waals surface area (Å²) in [7, 11) is 1.40. The van der Waals surface area contributed by atoms with Gasteiger partial charge in [0.2, 0.25) is 0 Å². The average Bonchev–Trinajstić information content (AvgIpc) is 2.47. The molecule has 1 atom stereocenters. The summed E-state index contributed by atoms with van der Waals surface area (Å²) in [5, 5.41) is 3.46. The van der Waals surface area contributed by atoms with Crippen LogP contribution in [0.4, 0.5) is 5.69 Å². The maximum Gasteiger partial charge on any atom is 0.337 e. The summed E-state index contributed by atoms with van der Waals surface area (Å²) >= 11 is 0. The van der Waals surface area contributed by atoms with E-state index in [0.717, 1.165) is 5.69 Å². The summed E-state index contributed by atoms with van der Waals surface area (Å²) in [5.41, 5.74) is 1.64. The number of esters is 1. The summed E-state index contributed by atoms with van der Waals surface area (Å²) in [6, 6.07) is 7.91. The lowest BCUT2D eigenvalue weighted by molar-refractivity contribution is 0.0601. The molecule has 3 nitrogen and oxygen atoms in total. The number of anilines is 1. The fourth-order valence-corrected chi connectivity index (χ4v) is 2.23. The topological polar surface area (TPSA) is 38.3 Å². The Bertz CT molecular complexity index is 386. The van der Waals surface area contributed by atoms with Crippen molar-refractivity contribution in [1.82, 2.24) is 0 Å². The van der Waals surface area contributed by atoms with Crippen LogP contribution in [0.5, 0.6) is 0 Å². The smallest absolute Gasteiger partial charge is 0.337 e. The summed E-state index contributed by atoms with van der Waals surface area (Å²) < 4.78 is 4.68. The molecule has 1 unspecified atom stereocenters. The molecule has 0 spiro atoms. The van der Waals surface area contributed by atoms with Gasteiger partial charge in [-0.3, -0.25) is 0 Å². The van der Waals surface area contributed by atoms with Crippen molar-refractivity contribution in [3.8, 4) is 0 Å². The normalized spacial score (nSPS) is 11.9. The molecule has 0 bridgehead atoms. The first-order valence-electron chi connectivity index (χ1n) is 7.62. The van der Waals surface area contributed by atoms with E-state index >= 15 is 0 Å². The van der Waals surface area contributed by atoms with Gasteiger partial charge in [0.15, 0.2) is 0 Å². The van der Waals surface area contributed by atoms with Gasteiger partial charge >= 0.3 is 5.97 Å². The summed E-state index contributed by atoms with van der Waals surface area (Å²) in [6.45, 7) is 4.44. The monoisotopic (exact) mass is 277 g/mol. The van der Waals surface area contributed by atoms with Gasteiger partial charge in [-0.2, -0.15) is 0 Å². The second-order valence-corrected chi connectivity index (χ2v) is 5.32. The molecule has 0 amide bonds. The number of hydrogen-bond acceptors (Lipinski definition) is 3. The molecular formula is C17H27NO2. The van der Waals surface area contributed by atoms with Crippen LogP contribution in [0.15, 0.2) is 24.3 Å². The van der Waals surface area contributed by atoms with Gasteiger partial charge in [0.25, 0.3) is 0 Å². The van der Waals surface area contributed by atoms with Crippen molar-refractivity contribution >= 4 is 11.7 Å². The van der Waals surface area contributed by atoms with Crippen molar-refractivity contribution in [3.05, 3.63) is 29.8 Å². The van der Waals surface area contributed by atoms with Gasteiger partial charge in [0, 0.05) is 11.7 Å². The Morgan fingerprint density at radius 1 is 1.15 bits per heavy atom. The molecule has 1 aromatic carbocycles. The number of hydrogen-bond donors (Lipinski definition) is 1. The molecule has 112 valence electrons. The van der Waals surface area contributed by atoms with Crippen LogP contribution in [0.3, 0.4) is 0 Å². The lowest BCUT2D eigenvalue weighted by Gasteiger charge is -2.15. The highest BCUT2D eigenvalue weighted by atomic mass is 16.5. The number of methoxy groups -OCH3 is 1. The quantitative estimate of drug-likeness (QED) is 0.528. The van der Waals surface area contributed by atoms with Crippen molar-refractivity contribution in [2.24, 2.45) is 0 Å². The highest BCUT2D eigenvalue weighted by Gasteiger charge is 2.06. The zero-order valence-corrected chi connectivity index (χ0v) is 12.9. The molecule has 0 aliphatic heterocycles. The van der Waals surface area contributed by atoms with E-state index in [2.05, 4.69) is 23.9 Å². The average molecular weight is 277 g/mol. The Morgan fingerprint density at radius 2 is 1.80 bits per heavy atom. The van der Waals surface area contributed by atoms with Crippen LogP contribution in [0.25, 0.3) is 0 Å². The van der Waals surface area contributed by atoms with Gasteiger partial charge in [0.05, 0.1) is 12.7 Å². The molecule has 3 heteroatoms. The third kappa shape index (κ3) is 6.09. The molecule has 0 aromatic heterocycles. The molecule has 0 aliphatic rings. The van der Waals surface area contributed by atoms with Crippen LogP contribution in [-0.4, -0.2) is 19.1 Å². The molecule has 1 aromatic rings. The van der Waals surface area contributed by atoms with Gasteiger partial charge in [0.1, 0.15) is 0 Å². The fourth-order valence-electron chi connectivity index (χ4n) is 2.23. The van der Waals surface area contributed by atoms with Gasteiger partial charge in [-0.25, -0.2) is 4.79 Å².